The summed E-state index contributed by atoms with van der Waals surface area (Å²) >= 11 is 0. The van der Waals surface area contributed by atoms with Crippen LogP contribution in [0.15, 0.2) is 6.07 Å². The average Bonchev–Trinajstić information content (AvgIpc) is 2.64. The smallest absolute Gasteiger partial charge is 0.242 e. The van der Waals surface area contributed by atoms with Gasteiger partial charge in [-0.25, -0.2) is 0 Å². The molecule has 1 aliphatic carbocycles. The number of hydrogen-bond acceptors (Lipinski definition) is 2. The minimum Gasteiger partial charge on any atom is -0.355 e. The van der Waals surface area contributed by atoms with E-state index in [1.807, 2.05) is 13.8 Å². The number of aromatic nitrogens is 1. The number of nitrogens with zero attached hydrogens (tertiary/aromatic N) is 1. The largest absolute Gasteiger partial charge is 0.355 e. The Hall–Kier alpha value is -1.29. The molecule has 0 spiro atoms. The maximum atomic E-state index is 12.2. The fraction of sp³-hybridized carbons (Fsp3) is 0.688. The number of nitrogens with one attached hydrogen (secondary N) is 1. The van der Waals surface area contributed by atoms with Crippen molar-refractivity contribution in [2.24, 2.45) is 11.1 Å². The molecule has 2 rings (SSSR count). The van der Waals surface area contributed by atoms with Crippen LogP contribution in [-0.4, -0.2) is 17.0 Å². The first-order valence-corrected chi connectivity index (χ1v) is 7.50. The lowest BCUT2D eigenvalue weighted by Crippen LogP contribution is -2.35. The second kappa shape index (κ2) is 5.24. The summed E-state index contributed by atoms with van der Waals surface area (Å²) in [6.45, 7) is 11.1. The monoisotopic (exact) mass is 277 g/mol. The Bertz CT molecular complexity index is 516. The standard InChI is InChI=1S/C16H27N3O/c1-6-18-15(20)11(3)19-10(2)7-12-13(17)8-16(4,5)9-14(12)19/h7,11,13H,6,8-9,17H2,1-5H3,(H,18,20). The number of likely N-dealkylation sites (N-methyl/N-ethyl adjacent to an activating group) is 1. The van der Waals surface area contributed by atoms with Crippen molar-refractivity contribution in [3.05, 3.63) is 23.0 Å². The Morgan fingerprint density at radius 2 is 2.25 bits per heavy atom. The molecular weight excluding hydrogens is 250 g/mol. The Labute approximate surface area is 121 Å². The number of hydrogen-bond donors (Lipinski definition) is 2. The van der Waals surface area contributed by atoms with Gasteiger partial charge < -0.3 is 15.6 Å². The van der Waals surface area contributed by atoms with Crippen LogP contribution in [0, 0.1) is 12.3 Å². The van der Waals surface area contributed by atoms with E-state index >= 15 is 0 Å². The zero-order chi connectivity index (χ0) is 15.1. The first-order valence-electron chi connectivity index (χ1n) is 7.50. The average molecular weight is 277 g/mol. The summed E-state index contributed by atoms with van der Waals surface area (Å²) < 4.78 is 2.17. The first kappa shape index (κ1) is 15.1. The van der Waals surface area contributed by atoms with Crippen LogP contribution in [-0.2, 0) is 11.2 Å². The molecule has 3 N–H and O–H groups in total. The van der Waals surface area contributed by atoms with Crippen molar-refractivity contribution in [3.63, 3.8) is 0 Å². The number of rotatable bonds is 3. The number of carbonyl (C=O) groups excluding carboxylic acids is 1. The second-order valence-corrected chi connectivity index (χ2v) is 6.78. The highest BCUT2D eigenvalue weighted by molar-refractivity contribution is 5.80. The SMILES string of the molecule is CCNC(=O)C(C)n1c(C)cc2c1CC(C)(C)CC2N. The highest BCUT2D eigenvalue weighted by atomic mass is 16.2. The van der Waals surface area contributed by atoms with Gasteiger partial charge in [0.1, 0.15) is 6.04 Å². The minimum absolute atomic E-state index is 0.0750. The number of carbonyl (C=O) groups is 1. The van der Waals surface area contributed by atoms with Gasteiger partial charge in [0.15, 0.2) is 0 Å². The summed E-state index contributed by atoms with van der Waals surface area (Å²) in [4.78, 5) is 12.2. The van der Waals surface area contributed by atoms with E-state index in [4.69, 9.17) is 5.73 Å². The van der Waals surface area contributed by atoms with E-state index in [9.17, 15) is 4.79 Å². The molecule has 4 heteroatoms. The number of nitrogens with two attached hydrogens (primary N) is 1. The number of fused-ring (bicyclic) bond motifs is 1. The molecule has 1 amide bonds. The lowest BCUT2D eigenvalue weighted by Gasteiger charge is -2.35. The quantitative estimate of drug-likeness (QED) is 0.891. The molecule has 0 aromatic carbocycles. The fourth-order valence-corrected chi connectivity index (χ4v) is 3.45. The summed E-state index contributed by atoms with van der Waals surface area (Å²) in [7, 11) is 0. The van der Waals surface area contributed by atoms with Crippen molar-refractivity contribution in [1.29, 1.82) is 0 Å². The molecule has 4 nitrogen and oxygen atoms in total. The lowest BCUT2D eigenvalue weighted by atomic mass is 9.74. The summed E-state index contributed by atoms with van der Waals surface area (Å²) in [5.74, 6) is 0.0750. The van der Waals surface area contributed by atoms with E-state index in [1.165, 1.54) is 11.3 Å². The van der Waals surface area contributed by atoms with Gasteiger partial charge in [-0.2, -0.15) is 0 Å². The Balaban J connectivity index is 2.43. The molecular formula is C16H27N3O. The predicted octanol–water partition coefficient (Wildman–Crippen LogP) is 2.47. The van der Waals surface area contributed by atoms with Gasteiger partial charge in [0.2, 0.25) is 5.91 Å². The normalized spacial score (nSPS) is 22.2. The van der Waals surface area contributed by atoms with Crippen LogP contribution in [0.4, 0.5) is 0 Å². The third-order valence-corrected chi connectivity index (χ3v) is 4.30. The number of amides is 1. The maximum Gasteiger partial charge on any atom is 0.242 e. The van der Waals surface area contributed by atoms with Gasteiger partial charge in [0.25, 0.3) is 0 Å². The zero-order valence-electron chi connectivity index (χ0n) is 13.3. The molecule has 0 radical (unpaired) electrons. The van der Waals surface area contributed by atoms with Gasteiger partial charge in [-0.15, -0.1) is 0 Å². The van der Waals surface area contributed by atoms with Gasteiger partial charge in [0, 0.05) is 24.0 Å². The van der Waals surface area contributed by atoms with Crippen LogP contribution in [0.5, 0.6) is 0 Å². The van der Waals surface area contributed by atoms with Gasteiger partial charge >= 0.3 is 0 Å². The third-order valence-electron chi connectivity index (χ3n) is 4.30. The highest BCUT2D eigenvalue weighted by Crippen LogP contribution is 2.41. The van der Waals surface area contributed by atoms with Gasteiger partial charge in [-0.05, 0) is 50.7 Å². The molecule has 1 heterocycles. The molecule has 1 aromatic heterocycles. The van der Waals surface area contributed by atoms with Gasteiger partial charge in [-0.1, -0.05) is 13.8 Å². The Kier molecular flexibility index (Phi) is 3.96. The van der Waals surface area contributed by atoms with Crippen molar-refractivity contribution in [2.45, 2.75) is 59.5 Å². The predicted molar refractivity (Wildman–Crippen MR) is 81.6 cm³/mol. The molecule has 0 saturated heterocycles. The summed E-state index contributed by atoms with van der Waals surface area (Å²) in [6.07, 6.45) is 1.98. The van der Waals surface area contributed by atoms with Crippen molar-refractivity contribution in [3.8, 4) is 0 Å². The van der Waals surface area contributed by atoms with E-state index in [2.05, 4.69) is 36.7 Å². The summed E-state index contributed by atoms with van der Waals surface area (Å²) in [5, 5.41) is 2.91. The summed E-state index contributed by atoms with van der Waals surface area (Å²) in [6, 6.07) is 2.06. The molecule has 0 saturated carbocycles. The molecule has 112 valence electrons. The molecule has 1 aliphatic rings. The Morgan fingerprint density at radius 1 is 1.60 bits per heavy atom. The van der Waals surface area contributed by atoms with Crippen molar-refractivity contribution >= 4 is 5.91 Å². The van der Waals surface area contributed by atoms with Gasteiger partial charge in [0.05, 0.1) is 0 Å². The van der Waals surface area contributed by atoms with Crippen LogP contribution in [0.3, 0.4) is 0 Å². The topological polar surface area (TPSA) is 60.0 Å². The molecule has 0 fully saturated rings. The molecule has 2 atom stereocenters. The van der Waals surface area contributed by atoms with E-state index in [-0.39, 0.29) is 23.4 Å². The Morgan fingerprint density at radius 3 is 2.85 bits per heavy atom. The molecule has 1 aromatic rings. The second-order valence-electron chi connectivity index (χ2n) is 6.78. The van der Waals surface area contributed by atoms with E-state index in [1.54, 1.807) is 0 Å². The van der Waals surface area contributed by atoms with E-state index in [0.717, 1.165) is 18.5 Å². The lowest BCUT2D eigenvalue weighted by molar-refractivity contribution is -0.123. The van der Waals surface area contributed by atoms with Crippen LogP contribution < -0.4 is 11.1 Å². The zero-order valence-corrected chi connectivity index (χ0v) is 13.3. The van der Waals surface area contributed by atoms with Crippen LogP contribution >= 0.6 is 0 Å². The number of aryl methyl sites for hydroxylation is 1. The molecule has 0 aliphatic heterocycles. The summed E-state index contributed by atoms with van der Waals surface area (Å²) in [5.41, 5.74) is 10.1. The van der Waals surface area contributed by atoms with Crippen LogP contribution in [0.25, 0.3) is 0 Å². The third kappa shape index (κ3) is 2.62. The van der Waals surface area contributed by atoms with Crippen molar-refractivity contribution in [1.82, 2.24) is 9.88 Å². The fourth-order valence-electron chi connectivity index (χ4n) is 3.45. The highest BCUT2D eigenvalue weighted by Gasteiger charge is 2.34. The van der Waals surface area contributed by atoms with E-state index < -0.39 is 0 Å². The van der Waals surface area contributed by atoms with Crippen molar-refractivity contribution < 1.29 is 4.79 Å². The van der Waals surface area contributed by atoms with Crippen LogP contribution in [0.1, 0.15) is 63.2 Å². The van der Waals surface area contributed by atoms with E-state index in [0.29, 0.717) is 6.54 Å². The van der Waals surface area contributed by atoms with Gasteiger partial charge in [-0.3, -0.25) is 4.79 Å². The van der Waals surface area contributed by atoms with Crippen LogP contribution in [0.2, 0.25) is 0 Å². The van der Waals surface area contributed by atoms with Crippen molar-refractivity contribution in [2.75, 3.05) is 6.54 Å². The maximum absolute atomic E-state index is 12.2. The molecule has 20 heavy (non-hydrogen) atoms. The molecule has 2 unspecified atom stereocenters. The minimum atomic E-state index is -0.181. The molecule has 0 bridgehead atoms. The first-order chi connectivity index (χ1) is 9.26.